The molecule has 368 valence electrons. The van der Waals surface area contributed by atoms with Crippen LogP contribution in [0.25, 0.3) is 0 Å². The Morgan fingerprint density at radius 1 is 0.469 bits per heavy atom. The van der Waals surface area contributed by atoms with Crippen LogP contribution in [-0.2, 0) is 14.3 Å². The summed E-state index contributed by atoms with van der Waals surface area (Å²) < 4.78 is 5.89. The summed E-state index contributed by atoms with van der Waals surface area (Å²) in [5, 5.41) is 23.8. The Labute approximate surface area is 395 Å². The van der Waals surface area contributed by atoms with Crippen molar-refractivity contribution in [2.75, 3.05) is 6.61 Å². The maximum atomic E-state index is 13.2. The lowest BCUT2D eigenvalue weighted by atomic mass is 10.0. The molecule has 3 unspecified atom stereocenters. The fraction of sp³-hybridized carbons (Fsp3) is 0.724. The third-order valence-corrected chi connectivity index (χ3v) is 11.7. The van der Waals surface area contributed by atoms with Crippen molar-refractivity contribution >= 4 is 11.9 Å². The molecular formula is C58H101NO5. The van der Waals surface area contributed by atoms with Crippen molar-refractivity contribution in [2.45, 2.75) is 264 Å². The van der Waals surface area contributed by atoms with E-state index in [0.29, 0.717) is 25.7 Å². The van der Waals surface area contributed by atoms with Gasteiger partial charge in [0.2, 0.25) is 5.91 Å². The first-order valence-corrected chi connectivity index (χ1v) is 26.8. The van der Waals surface area contributed by atoms with E-state index in [0.717, 1.165) is 83.5 Å². The quantitative estimate of drug-likeness (QED) is 0.0321. The lowest BCUT2D eigenvalue weighted by molar-refractivity contribution is -0.151. The minimum Gasteiger partial charge on any atom is -0.462 e. The average molecular weight is 892 g/mol. The summed E-state index contributed by atoms with van der Waals surface area (Å²) in [6, 6.07) is -0.729. The SMILES string of the molecule is CC/C=C/C/C=C/C/C=C/CCCCC(CC(=O)NC(CO)C(O)CCCCCCCCCCCCCCCCCC)OC(=O)CCC/C=C\C/C=C\C/C=C\C/C=C\CCCCC. The van der Waals surface area contributed by atoms with Crippen LogP contribution in [0.4, 0.5) is 0 Å². The van der Waals surface area contributed by atoms with Crippen LogP contribution in [0, 0.1) is 0 Å². The molecule has 0 bridgehead atoms. The highest BCUT2D eigenvalue weighted by molar-refractivity contribution is 5.77. The molecule has 0 aromatic carbocycles. The number of aliphatic hydroxyl groups is 2. The maximum absolute atomic E-state index is 13.2. The summed E-state index contributed by atoms with van der Waals surface area (Å²) in [6.07, 6.45) is 66.5. The van der Waals surface area contributed by atoms with Crippen LogP contribution < -0.4 is 5.32 Å². The smallest absolute Gasteiger partial charge is 0.306 e. The molecule has 6 nitrogen and oxygen atoms in total. The standard InChI is InChI=1S/C58H101NO5/c1-4-7-10-13-16-19-22-25-27-29-31-33-36-39-42-45-48-51-58(63)64-54(49-46-43-40-37-34-24-21-18-15-12-9-6-3)52-57(62)59-55(53-60)56(61)50-47-44-41-38-35-32-30-28-26-23-20-17-14-11-8-5-2/h9,12,16,18-19,21,25,27,31,33-34,37,39,42,54-56,60-61H,4-8,10-11,13-15,17,20,22-24,26,28-30,32,35-36,38,40-41,43-53H2,1-3H3,(H,59,62)/b12-9+,19-16-,21-18+,27-25-,33-31-,37-34+,42-39-. The molecule has 0 rings (SSSR count). The van der Waals surface area contributed by atoms with Gasteiger partial charge in [0.25, 0.3) is 0 Å². The minimum absolute atomic E-state index is 0.0261. The molecular weight excluding hydrogens is 791 g/mol. The van der Waals surface area contributed by atoms with Crippen LogP contribution >= 0.6 is 0 Å². The minimum atomic E-state index is -0.811. The van der Waals surface area contributed by atoms with Crippen molar-refractivity contribution in [3.8, 4) is 0 Å². The molecule has 0 aromatic rings. The highest BCUT2D eigenvalue weighted by Gasteiger charge is 2.24. The number of nitrogens with one attached hydrogen (secondary N) is 1. The van der Waals surface area contributed by atoms with E-state index in [4.69, 9.17) is 4.74 Å². The zero-order chi connectivity index (χ0) is 46.7. The molecule has 0 radical (unpaired) electrons. The Hall–Kier alpha value is -2.96. The number of rotatable bonds is 47. The number of esters is 1. The molecule has 0 aliphatic carbocycles. The zero-order valence-corrected chi connectivity index (χ0v) is 41.9. The summed E-state index contributed by atoms with van der Waals surface area (Å²) in [5.41, 5.74) is 0. The van der Waals surface area contributed by atoms with Crippen LogP contribution in [-0.4, -0.2) is 46.9 Å². The fourth-order valence-corrected chi connectivity index (χ4v) is 7.67. The molecule has 0 saturated heterocycles. The first-order chi connectivity index (χ1) is 31.5. The molecule has 3 atom stereocenters. The Morgan fingerprint density at radius 2 is 0.844 bits per heavy atom. The number of ether oxygens (including phenoxy) is 1. The first-order valence-electron chi connectivity index (χ1n) is 26.8. The molecule has 0 aliphatic rings. The first kappa shape index (κ1) is 61.0. The second kappa shape index (κ2) is 51.0. The molecule has 1 amide bonds. The summed E-state index contributed by atoms with van der Waals surface area (Å²) >= 11 is 0. The van der Waals surface area contributed by atoms with E-state index in [-0.39, 0.29) is 24.9 Å². The summed E-state index contributed by atoms with van der Waals surface area (Å²) in [5.74, 6) is -0.583. The second-order valence-corrected chi connectivity index (χ2v) is 17.9. The summed E-state index contributed by atoms with van der Waals surface area (Å²) in [4.78, 5) is 26.1. The van der Waals surface area contributed by atoms with Crippen molar-refractivity contribution in [2.24, 2.45) is 0 Å². The normalized spacial score (nSPS) is 13.9. The predicted molar refractivity (Wildman–Crippen MR) is 278 cm³/mol. The zero-order valence-electron chi connectivity index (χ0n) is 41.9. The molecule has 3 N–H and O–H groups in total. The van der Waals surface area contributed by atoms with Crippen LogP contribution in [0.15, 0.2) is 85.1 Å². The molecule has 0 fully saturated rings. The van der Waals surface area contributed by atoms with Gasteiger partial charge >= 0.3 is 5.97 Å². The highest BCUT2D eigenvalue weighted by Crippen LogP contribution is 2.17. The van der Waals surface area contributed by atoms with E-state index >= 15 is 0 Å². The van der Waals surface area contributed by atoms with Gasteiger partial charge in [0.05, 0.1) is 25.2 Å². The Kier molecular flexibility index (Phi) is 48.7. The molecule has 0 saturated carbocycles. The monoisotopic (exact) mass is 892 g/mol. The van der Waals surface area contributed by atoms with Gasteiger partial charge in [-0.1, -0.05) is 221 Å². The maximum Gasteiger partial charge on any atom is 0.306 e. The number of allylic oxidation sites excluding steroid dienone is 14. The molecule has 6 heteroatoms. The van der Waals surface area contributed by atoms with Crippen LogP contribution in [0.1, 0.15) is 245 Å². The van der Waals surface area contributed by atoms with Gasteiger partial charge in [-0.3, -0.25) is 9.59 Å². The Bertz CT molecular complexity index is 1230. The lowest BCUT2D eigenvalue weighted by Gasteiger charge is -2.24. The van der Waals surface area contributed by atoms with Crippen LogP contribution in [0.2, 0.25) is 0 Å². The van der Waals surface area contributed by atoms with Gasteiger partial charge in [-0.2, -0.15) is 0 Å². The van der Waals surface area contributed by atoms with Crippen molar-refractivity contribution in [1.29, 1.82) is 0 Å². The fourth-order valence-electron chi connectivity index (χ4n) is 7.67. The number of hydrogen-bond donors (Lipinski definition) is 3. The van der Waals surface area contributed by atoms with Gasteiger partial charge in [0.15, 0.2) is 0 Å². The number of carbonyl (C=O) groups is 2. The molecule has 0 spiro atoms. The van der Waals surface area contributed by atoms with Crippen molar-refractivity contribution in [1.82, 2.24) is 5.32 Å². The molecule has 0 aliphatic heterocycles. The van der Waals surface area contributed by atoms with Gasteiger partial charge in [-0.25, -0.2) is 0 Å². The van der Waals surface area contributed by atoms with Crippen LogP contribution in [0.3, 0.4) is 0 Å². The van der Waals surface area contributed by atoms with E-state index in [1.165, 1.54) is 109 Å². The van der Waals surface area contributed by atoms with Gasteiger partial charge in [0, 0.05) is 6.42 Å². The summed E-state index contributed by atoms with van der Waals surface area (Å²) in [6.45, 7) is 6.32. The van der Waals surface area contributed by atoms with Gasteiger partial charge in [-0.05, 0) is 96.3 Å². The Morgan fingerprint density at radius 3 is 1.30 bits per heavy atom. The van der Waals surface area contributed by atoms with Crippen molar-refractivity contribution < 1.29 is 24.5 Å². The number of carbonyl (C=O) groups excluding carboxylic acids is 2. The second-order valence-electron chi connectivity index (χ2n) is 17.9. The van der Waals surface area contributed by atoms with E-state index < -0.39 is 18.2 Å². The largest absolute Gasteiger partial charge is 0.462 e. The van der Waals surface area contributed by atoms with E-state index in [1.54, 1.807) is 0 Å². The number of amides is 1. The third kappa shape index (κ3) is 45.6. The van der Waals surface area contributed by atoms with Gasteiger partial charge in [-0.15, -0.1) is 0 Å². The number of aliphatic hydroxyl groups excluding tert-OH is 2. The van der Waals surface area contributed by atoms with Crippen LogP contribution in [0.5, 0.6) is 0 Å². The van der Waals surface area contributed by atoms with Crippen molar-refractivity contribution in [3.63, 3.8) is 0 Å². The van der Waals surface area contributed by atoms with Gasteiger partial charge < -0.3 is 20.3 Å². The lowest BCUT2D eigenvalue weighted by Crippen LogP contribution is -2.46. The topological polar surface area (TPSA) is 95.9 Å². The van der Waals surface area contributed by atoms with Crippen molar-refractivity contribution in [3.05, 3.63) is 85.1 Å². The highest BCUT2D eigenvalue weighted by atomic mass is 16.5. The molecule has 0 heterocycles. The average Bonchev–Trinajstić information content (AvgIpc) is 3.29. The van der Waals surface area contributed by atoms with E-state index in [9.17, 15) is 19.8 Å². The molecule has 0 aromatic heterocycles. The third-order valence-electron chi connectivity index (χ3n) is 11.7. The number of hydrogen-bond acceptors (Lipinski definition) is 5. The Balaban J connectivity index is 4.65. The van der Waals surface area contributed by atoms with Gasteiger partial charge in [0.1, 0.15) is 6.10 Å². The van der Waals surface area contributed by atoms with E-state index in [1.807, 2.05) is 0 Å². The summed E-state index contributed by atoms with van der Waals surface area (Å²) in [7, 11) is 0. The predicted octanol–water partition coefficient (Wildman–Crippen LogP) is 16.3. The number of unbranched alkanes of at least 4 members (excludes halogenated alkanes) is 21. The molecule has 64 heavy (non-hydrogen) atoms. The van der Waals surface area contributed by atoms with E-state index in [2.05, 4.69) is 111 Å².